The Morgan fingerprint density at radius 1 is 0.879 bits per heavy atom. The van der Waals surface area contributed by atoms with Crippen LogP contribution in [0.5, 0.6) is 11.5 Å². The van der Waals surface area contributed by atoms with Gasteiger partial charge in [-0.3, -0.25) is 9.69 Å². The van der Waals surface area contributed by atoms with E-state index in [2.05, 4.69) is 32.2 Å². The van der Waals surface area contributed by atoms with E-state index >= 15 is 0 Å². The maximum atomic E-state index is 11.8. The molecule has 2 aromatic heterocycles. The van der Waals surface area contributed by atoms with Crippen molar-refractivity contribution in [3.63, 3.8) is 0 Å². The highest BCUT2D eigenvalue weighted by Gasteiger charge is 2.09. The first-order valence-corrected chi connectivity index (χ1v) is 10.2. The molecule has 0 aliphatic rings. The van der Waals surface area contributed by atoms with Crippen LogP contribution in [0.3, 0.4) is 0 Å². The first-order chi connectivity index (χ1) is 16.1. The van der Waals surface area contributed by atoms with Crippen molar-refractivity contribution in [2.75, 3.05) is 22.6 Å². The van der Waals surface area contributed by atoms with E-state index in [4.69, 9.17) is 4.74 Å². The molecule has 8 nitrogen and oxygen atoms in total. The summed E-state index contributed by atoms with van der Waals surface area (Å²) in [6.45, 7) is 3.50. The lowest BCUT2D eigenvalue weighted by atomic mass is 10.3. The van der Waals surface area contributed by atoms with Gasteiger partial charge in [0.25, 0.3) is 5.91 Å². The molecule has 2 aromatic carbocycles. The number of anilines is 5. The number of likely N-dealkylation sites (N-methyl/N-ethyl adjacent to an activating group) is 1. The van der Waals surface area contributed by atoms with E-state index < -0.39 is 0 Å². The molecule has 164 valence electrons. The normalized spacial score (nSPS) is 10.2. The maximum absolute atomic E-state index is 11.8. The number of para-hydroxylation sites is 1. The van der Waals surface area contributed by atoms with E-state index in [1.165, 1.54) is 17.3 Å². The third kappa shape index (κ3) is 5.71. The number of nitrogens with zero attached hydrogens (tertiary/aromatic N) is 4. The van der Waals surface area contributed by atoms with Gasteiger partial charge in [-0.05, 0) is 54.6 Å². The Hall–Kier alpha value is -4.72. The van der Waals surface area contributed by atoms with Crippen LogP contribution in [0.25, 0.3) is 0 Å². The van der Waals surface area contributed by atoms with Gasteiger partial charge in [0.2, 0.25) is 0 Å². The molecule has 0 aliphatic carbocycles. The van der Waals surface area contributed by atoms with E-state index in [9.17, 15) is 4.79 Å². The summed E-state index contributed by atoms with van der Waals surface area (Å²) < 4.78 is 5.82. The van der Waals surface area contributed by atoms with Crippen LogP contribution in [0.2, 0.25) is 0 Å². The predicted octanol–water partition coefficient (Wildman–Crippen LogP) is 5.30. The summed E-state index contributed by atoms with van der Waals surface area (Å²) in [7, 11) is 1.64. The van der Waals surface area contributed by atoms with Crippen LogP contribution in [0.4, 0.5) is 29.0 Å². The van der Waals surface area contributed by atoms with Gasteiger partial charge in [0.05, 0.1) is 0 Å². The highest BCUT2D eigenvalue weighted by atomic mass is 16.5. The van der Waals surface area contributed by atoms with E-state index in [1.54, 1.807) is 31.3 Å². The first-order valence-electron chi connectivity index (χ1n) is 10.2. The van der Waals surface area contributed by atoms with Crippen molar-refractivity contribution in [1.82, 2.24) is 15.0 Å². The minimum Gasteiger partial charge on any atom is -0.457 e. The molecular formula is C25H22N6O2. The molecule has 4 rings (SSSR count). The number of hydrogen-bond acceptors (Lipinski definition) is 7. The maximum Gasteiger partial charge on any atom is 0.251 e. The summed E-state index contributed by atoms with van der Waals surface area (Å²) in [5.74, 6) is 3.48. The van der Waals surface area contributed by atoms with Crippen molar-refractivity contribution >= 4 is 34.9 Å². The Balaban J connectivity index is 1.42. The first kappa shape index (κ1) is 21.5. The summed E-state index contributed by atoms with van der Waals surface area (Å²) in [6, 6.07) is 24.3. The fourth-order valence-electron chi connectivity index (χ4n) is 2.93. The lowest BCUT2D eigenvalue weighted by Gasteiger charge is -2.15. The van der Waals surface area contributed by atoms with Crippen molar-refractivity contribution in [2.24, 2.45) is 0 Å². The van der Waals surface area contributed by atoms with Crippen molar-refractivity contribution in [1.29, 1.82) is 0 Å². The predicted molar refractivity (Wildman–Crippen MR) is 129 cm³/mol. The number of pyridine rings is 1. The van der Waals surface area contributed by atoms with E-state index in [0.29, 0.717) is 23.3 Å². The van der Waals surface area contributed by atoms with Crippen LogP contribution in [0, 0.1) is 0 Å². The molecule has 0 saturated carbocycles. The van der Waals surface area contributed by atoms with Gasteiger partial charge in [-0.1, -0.05) is 30.8 Å². The number of ether oxygens (including phenoxy) is 1. The second-order valence-corrected chi connectivity index (χ2v) is 6.96. The molecule has 4 aromatic rings. The average molecular weight is 438 g/mol. The molecule has 0 bridgehead atoms. The van der Waals surface area contributed by atoms with Gasteiger partial charge >= 0.3 is 0 Å². The zero-order chi connectivity index (χ0) is 23.0. The van der Waals surface area contributed by atoms with Gasteiger partial charge in [-0.15, -0.1) is 0 Å². The molecule has 33 heavy (non-hydrogen) atoms. The molecule has 2 heterocycles. The van der Waals surface area contributed by atoms with Crippen LogP contribution < -0.4 is 20.3 Å². The van der Waals surface area contributed by atoms with Crippen LogP contribution in [0.15, 0.2) is 97.8 Å². The fraction of sp³-hybridized carbons (Fsp3) is 0.0400. The molecule has 0 atom stereocenters. The standard InChI is InChI=1S/C25H22N6O2/c1-3-25(32)31(2)24-11-7-10-21(30-24)29-23-16-22(26-17-27-23)28-18-12-14-20(15-13-18)33-19-8-5-4-6-9-19/h3-17H,1H2,2H3,(H2,26,27,28,29,30). The van der Waals surface area contributed by atoms with Crippen molar-refractivity contribution in [2.45, 2.75) is 0 Å². The molecule has 2 N–H and O–H groups in total. The molecular weight excluding hydrogens is 416 g/mol. The van der Waals surface area contributed by atoms with E-state index in [0.717, 1.165) is 17.2 Å². The smallest absolute Gasteiger partial charge is 0.251 e. The number of aromatic nitrogens is 3. The van der Waals surface area contributed by atoms with Gasteiger partial charge in [0.1, 0.15) is 41.1 Å². The molecule has 0 fully saturated rings. The van der Waals surface area contributed by atoms with E-state index in [1.807, 2.05) is 54.6 Å². The van der Waals surface area contributed by atoms with Gasteiger partial charge in [0.15, 0.2) is 0 Å². The van der Waals surface area contributed by atoms with Crippen molar-refractivity contribution < 1.29 is 9.53 Å². The minimum absolute atomic E-state index is 0.242. The lowest BCUT2D eigenvalue weighted by molar-refractivity contribution is -0.113. The highest BCUT2D eigenvalue weighted by Crippen LogP contribution is 2.25. The summed E-state index contributed by atoms with van der Waals surface area (Å²) in [5, 5.41) is 6.37. The Kier molecular flexibility index (Phi) is 6.56. The Labute approximate surface area is 191 Å². The number of amides is 1. The molecule has 0 radical (unpaired) electrons. The minimum atomic E-state index is -0.242. The Morgan fingerprint density at radius 2 is 1.58 bits per heavy atom. The zero-order valence-corrected chi connectivity index (χ0v) is 18.0. The molecule has 8 heteroatoms. The molecule has 0 aliphatic heterocycles. The lowest BCUT2D eigenvalue weighted by Crippen LogP contribution is -2.24. The molecule has 0 unspecified atom stereocenters. The zero-order valence-electron chi connectivity index (χ0n) is 18.0. The van der Waals surface area contributed by atoms with E-state index in [-0.39, 0.29) is 5.91 Å². The number of carbonyl (C=O) groups is 1. The van der Waals surface area contributed by atoms with Gasteiger partial charge in [-0.25, -0.2) is 15.0 Å². The fourth-order valence-corrected chi connectivity index (χ4v) is 2.93. The number of carbonyl (C=O) groups excluding carboxylic acids is 1. The van der Waals surface area contributed by atoms with Gasteiger partial charge < -0.3 is 15.4 Å². The highest BCUT2D eigenvalue weighted by molar-refractivity contribution is 6.00. The Bertz CT molecular complexity index is 1250. The SMILES string of the molecule is C=CC(=O)N(C)c1cccc(Nc2cc(Nc3ccc(Oc4ccccc4)cc3)ncn2)n1. The summed E-state index contributed by atoms with van der Waals surface area (Å²) >= 11 is 0. The quantitative estimate of drug-likeness (QED) is 0.361. The van der Waals surface area contributed by atoms with Crippen LogP contribution in [-0.4, -0.2) is 27.9 Å². The molecule has 1 amide bonds. The number of nitrogens with one attached hydrogen (secondary N) is 2. The van der Waals surface area contributed by atoms with Gasteiger partial charge in [0, 0.05) is 18.8 Å². The summed E-state index contributed by atoms with van der Waals surface area (Å²) in [5.41, 5.74) is 0.852. The second-order valence-electron chi connectivity index (χ2n) is 6.96. The van der Waals surface area contributed by atoms with Crippen LogP contribution >= 0.6 is 0 Å². The molecule has 0 saturated heterocycles. The average Bonchev–Trinajstić information content (AvgIpc) is 2.85. The number of rotatable bonds is 8. The third-order valence-electron chi connectivity index (χ3n) is 4.61. The van der Waals surface area contributed by atoms with Gasteiger partial charge in [-0.2, -0.15) is 0 Å². The Morgan fingerprint density at radius 3 is 2.30 bits per heavy atom. The van der Waals surface area contributed by atoms with Crippen molar-refractivity contribution in [3.05, 3.63) is 97.8 Å². The summed E-state index contributed by atoms with van der Waals surface area (Å²) in [4.78, 5) is 26.2. The van der Waals surface area contributed by atoms with Crippen LogP contribution in [0.1, 0.15) is 0 Å². The second kappa shape index (κ2) is 10.1. The van der Waals surface area contributed by atoms with Crippen LogP contribution in [-0.2, 0) is 4.79 Å². The topological polar surface area (TPSA) is 92.3 Å². The number of hydrogen-bond donors (Lipinski definition) is 2. The largest absolute Gasteiger partial charge is 0.457 e. The number of benzene rings is 2. The molecule has 0 spiro atoms. The van der Waals surface area contributed by atoms with Crippen molar-refractivity contribution in [3.8, 4) is 11.5 Å². The monoisotopic (exact) mass is 438 g/mol. The third-order valence-corrected chi connectivity index (χ3v) is 4.61. The summed E-state index contributed by atoms with van der Waals surface area (Å²) in [6.07, 6.45) is 2.69.